The van der Waals surface area contributed by atoms with Gasteiger partial charge in [0.1, 0.15) is 6.04 Å². The van der Waals surface area contributed by atoms with Gasteiger partial charge in [-0.05, 0) is 19.3 Å². The van der Waals surface area contributed by atoms with Gasteiger partial charge in [-0.2, -0.15) is 0 Å². The summed E-state index contributed by atoms with van der Waals surface area (Å²) >= 11 is 0. The second-order valence-electron chi connectivity index (χ2n) is 6.75. The molecule has 0 aromatic heterocycles. The molecule has 5 amide bonds. The van der Waals surface area contributed by atoms with Crippen LogP contribution in [0.2, 0.25) is 0 Å². The van der Waals surface area contributed by atoms with Crippen LogP contribution in [0.4, 0.5) is 4.79 Å². The number of piperazine rings is 1. The van der Waals surface area contributed by atoms with E-state index in [2.05, 4.69) is 10.6 Å². The quantitative estimate of drug-likeness (QED) is 0.740. The zero-order valence-electron chi connectivity index (χ0n) is 13.8. The smallest absolute Gasteiger partial charge is 0.322 e. The monoisotopic (exact) mass is 336 g/mol. The predicted octanol–water partition coefficient (Wildman–Crippen LogP) is -0.0219. The third-order valence-electron chi connectivity index (χ3n) is 5.10. The fraction of sp³-hybridized carbons (Fsp3) is 0.750. The lowest BCUT2D eigenvalue weighted by atomic mass is 9.93. The van der Waals surface area contributed by atoms with Gasteiger partial charge in [0.25, 0.3) is 0 Å². The van der Waals surface area contributed by atoms with Crippen molar-refractivity contribution in [3.8, 4) is 0 Å². The summed E-state index contributed by atoms with van der Waals surface area (Å²) in [5.74, 6) is -0.687. The summed E-state index contributed by atoms with van der Waals surface area (Å²) in [6.45, 7) is 1.09. The summed E-state index contributed by atoms with van der Waals surface area (Å²) < 4.78 is 0. The molecule has 2 aliphatic heterocycles. The highest BCUT2D eigenvalue weighted by molar-refractivity contribution is 5.99. The van der Waals surface area contributed by atoms with Gasteiger partial charge in [0.15, 0.2) is 0 Å². The van der Waals surface area contributed by atoms with Crippen LogP contribution in [0.15, 0.2) is 0 Å². The van der Waals surface area contributed by atoms with Crippen LogP contribution < -0.4 is 10.6 Å². The van der Waals surface area contributed by atoms with Crippen LogP contribution in [0.25, 0.3) is 0 Å². The molecule has 0 unspecified atom stereocenters. The number of hydrogen-bond acceptors (Lipinski definition) is 4. The van der Waals surface area contributed by atoms with E-state index in [0.717, 1.165) is 25.7 Å². The van der Waals surface area contributed by atoms with Gasteiger partial charge in [-0.15, -0.1) is 0 Å². The molecule has 1 atom stereocenters. The highest BCUT2D eigenvalue weighted by atomic mass is 16.2. The van der Waals surface area contributed by atoms with Gasteiger partial charge in [-0.1, -0.05) is 19.3 Å². The van der Waals surface area contributed by atoms with Crippen LogP contribution in [0.1, 0.15) is 44.9 Å². The first-order valence-electron chi connectivity index (χ1n) is 8.73. The van der Waals surface area contributed by atoms with Gasteiger partial charge in [0, 0.05) is 25.6 Å². The van der Waals surface area contributed by atoms with Crippen LogP contribution in [0, 0.1) is 0 Å². The molecule has 3 rings (SSSR count). The number of carbonyl (C=O) groups excluding carboxylic acids is 4. The Morgan fingerprint density at radius 2 is 1.75 bits per heavy atom. The molecule has 0 bridgehead atoms. The van der Waals surface area contributed by atoms with E-state index >= 15 is 0 Å². The molecule has 3 aliphatic rings. The third kappa shape index (κ3) is 3.68. The van der Waals surface area contributed by atoms with Crippen molar-refractivity contribution in [2.75, 3.05) is 19.6 Å². The Morgan fingerprint density at radius 3 is 2.46 bits per heavy atom. The van der Waals surface area contributed by atoms with Gasteiger partial charge >= 0.3 is 6.03 Å². The van der Waals surface area contributed by atoms with E-state index in [-0.39, 0.29) is 37.1 Å². The SMILES string of the molecule is O=C1CC[C@H](C(=O)N2CCN(C3CCCCC3)C(=O)C2)NC(=O)N1. The standard InChI is InChI=1S/C16H24N4O4/c21-13-7-6-12(17-16(24)18-13)15(23)19-8-9-20(14(22)10-19)11-4-2-1-3-5-11/h11-12H,1-10H2,(H2,17,18,21,24)/t12-/m1/s1. The zero-order chi connectivity index (χ0) is 17.1. The van der Waals surface area contributed by atoms with E-state index in [0.29, 0.717) is 19.1 Å². The van der Waals surface area contributed by atoms with Gasteiger partial charge in [-0.25, -0.2) is 4.79 Å². The van der Waals surface area contributed by atoms with E-state index in [1.54, 1.807) is 0 Å². The number of carbonyl (C=O) groups is 4. The molecule has 2 saturated heterocycles. The minimum absolute atomic E-state index is 0.0179. The Morgan fingerprint density at radius 1 is 1.00 bits per heavy atom. The number of imide groups is 1. The van der Waals surface area contributed by atoms with E-state index in [1.807, 2.05) is 4.90 Å². The van der Waals surface area contributed by atoms with Gasteiger partial charge in [0.05, 0.1) is 6.54 Å². The summed E-state index contributed by atoms with van der Waals surface area (Å²) in [5, 5.41) is 4.66. The Hall–Kier alpha value is -2.12. The molecule has 2 heterocycles. The molecule has 0 radical (unpaired) electrons. The van der Waals surface area contributed by atoms with E-state index < -0.39 is 12.1 Å². The van der Waals surface area contributed by atoms with Gasteiger partial charge in [0.2, 0.25) is 17.7 Å². The number of hydrogen-bond donors (Lipinski definition) is 2. The van der Waals surface area contributed by atoms with Crippen LogP contribution >= 0.6 is 0 Å². The lowest BCUT2D eigenvalue weighted by Gasteiger charge is -2.41. The normalized spacial score (nSPS) is 26.7. The molecule has 1 saturated carbocycles. The number of rotatable bonds is 2. The van der Waals surface area contributed by atoms with Crippen molar-refractivity contribution in [1.29, 1.82) is 0 Å². The first-order chi connectivity index (χ1) is 11.5. The first-order valence-corrected chi connectivity index (χ1v) is 8.73. The summed E-state index contributed by atoms with van der Waals surface area (Å²) in [7, 11) is 0. The fourth-order valence-electron chi connectivity index (χ4n) is 3.79. The molecule has 1 aliphatic carbocycles. The van der Waals surface area contributed by atoms with E-state index in [4.69, 9.17) is 0 Å². The molecule has 8 nitrogen and oxygen atoms in total. The lowest BCUT2D eigenvalue weighted by Crippen LogP contribution is -2.59. The average molecular weight is 336 g/mol. The number of amides is 5. The maximum Gasteiger partial charge on any atom is 0.322 e. The van der Waals surface area contributed by atoms with Crippen molar-refractivity contribution in [2.45, 2.75) is 57.0 Å². The van der Waals surface area contributed by atoms with Crippen molar-refractivity contribution in [2.24, 2.45) is 0 Å². The third-order valence-corrected chi connectivity index (χ3v) is 5.10. The zero-order valence-corrected chi connectivity index (χ0v) is 13.8. The molecule has 2 N–H and O–H groups in total. The maximum absolute atomic E-state index is 12.6. The van der Waals surface area contributed by atoms with Crippen molar-refractivity contribution in [1.82, 2.24) is 20.4 Å². The molecular formula is C16H24N4O4. The van der Waals surface area contributed by atoms with E-state index in [1.165, 1.54) is 11.3 Å². The fourth-order valence-corrected chi connectivity index (χ4v) is 3.79. The summed E-state index contributed by atoms with van der Waals surface area (Å²) in [4.78, 5) is 51.3. The van der Waals surface area contributed by atoms with Crippen molar-refractivity contribution < 1.29 is 19.2 Å². The van der Waals surface area contributed by atoms with Crippen LogP contribution in [0.3, 0.4) is 0 Å². The second kappa shape index (κ2) is 7.19. The predicted molar refractivity (Wildman–Crippen MR) is 84.9 cm³/mol. The highest BCUT2D eigenvalue weighted by Gasteiger charge is 2.35. The van der Waals surface area contributed by atoms with Gasteiger partial charge < -0.3 is 15.1 Å². The molecule has 0 aromatic carbocycles. The molecule has 8 heteroatoms. The summed E-state index contributed by atoms with van der Waals surface area (Å²) in [6, 6.07) is -1.09. The largest absolute Gasteiger partial charge is 0.336 e. The maximum atomic E-state index is 12.6. The molecule has 132 valence electrons. The number of nitrogens with one attached hydrogen (secondary N) is 2. The van der Waals surface area contributed by atoms with Gasteiger partial charge in [-0.3, -0.25) is 19.7 Å². The Labute approximate surface area is 140 Å². The lowest BCUT2D eigenvalue weighted by molar-refractivity contribution is -0.148. The molecule has 0 spiro atoms. The summed E-state index contributed by atoms with van der Waals surface area (Å²) in [6.07, 6.45) is 6.02. The Kier molecular flexibility index (Phi) is 5.01. The molecule has 0 aromatic rings. The molecule has 3 fully saturated rings. The minimum Gasteiger partial charge on any atom is -0.336 e. The second-order valence-corrected chi connectivity index (χ2v) is 6.75. The van der Waals surface area contributed by atoms with Crippen LogP contribution in [-0.2, 0) is 14.4 Å². The first kappa shape index (κ1) is 16.7. The Balaban J connectivity index is 1.58. The molecule has 24 heavy (non-hydrogen) atoms. The van der Waals surface area contributed by atoms with Crippen LogP contribution in [0.5, 0.6) is 0 Å². The highest BCUT2D eigenvalue weighted by Crippen LogP contribution is 2.24. The number of nitrogens with zero attached hydrogens (tertiary/aromatic N) is 2. The van der Waals surface area contributed by atoms with Crippen molar-refractivity contribution in [3.05, 3.63) is 0 Å². The molecular weight excluding hydrogens is 312 g/mol. The number of urea groups is 1. The Bertz CT molecular complexity index is 544. The topological polar surface area (TPSA) is 98.8 Å². The van der Waals surface area contributed by atoms with Crippen LogP contribution in [-0.4, -0.2) is 65.3 Å². The van der Waals surface area contributed by atoms with Crippen molar-refractivity contribution in [3.63, 3.8) is 0 Å². The van der Waals surface area contributed by atoms with Crippen molar-refractivity contribution >= 4 is 23.8 Å². The minimum atomic E-state index is -0.745. The average Bonchev–Trinajstić information content (AvgIpc) is 2.75. The van der Waals surface area contributed by atoms with E-state index in [9.17, 15) is 19.2 Å². The summed E-state index contributed by atoms with van der Waals surface area (Å²) in [5.41, 5.74) is 0.